The molecule has 0 radical (unpaired) electrons. The van der Waals surface area contributed by atoms with Crippen molar-refractivity contribution in [3.05, 3.63) is 35.9 Å². The smallest absolute Gasteiger partial charge is 0.244 e. The van der Waals surface area contributed by atoms with Crippen LogP contribution in [0, 0.1) is 23.2 Å². The third-order valence-electron chi connectivity index (χ3n) is 6.04. The van der Waals surface area contributed by atoms with E-state index in [2.05, 4.69) is 10.9 Å². The van der Waals surface area contributed by atoms with E-state index in [4.69, 9.17) is 0 Å². The Bertz CT molecular complexity index is 576. The lowest BCUT2D eigenvalue weighted by molar-refractivity contribution is -0.148. The minimum atomic E-state index is -0.214. The largest absolute Gasteiger partial charge is 0.273 e. The molecule has 0 heterocycles. The maximum absolute atomic E-state index is 12.7. The summed E-state index contributed by atoms with van der Waals surface area (Å²) in [6, 6.07) is 9.59. The minimum Gasteiger partial charge on any atom is -0.273 e. The molecule has 0 spiro atoms. The van der Waals surface area contributed by atoms with Crippen LogP contribution in [0.25, 0.3) is 0 Å². The van der Waals surface area contributed by atoms with Crippen LogP contribution in [0.1, 0.15) is 44.1 Å². The Hall–Kier alpha value is -1.84. The first-order valence-corrected chi connectivity index (χ1v) is 8.76. The molecule has 1 aromatic rings. The third kappa shape index (κ3) is 2.87. The van der Waals surface area contributed by atoms with E-state index in [1.807, 2.05) is 30.3 Å². The molecule has 2 amide bonds. The maximum atomic E-state index is 12.7. The highest BCUT2D eigenvalue weighted by Crippen LogP contribution is 2.59. The molecule has 0 aromatic heterocycles. The van der Waals surface area contributed by atoms with Crippen molar-refractivity contribution >= 4 is 11.8 Å². The molecule has 4 aliphatic carbocycles. The number of hydrogen-bond acceptors (Lipinski definition) is 2. The molecule has 4 aliphatic rings. The molecule has 4 nitrogen and oxygen atoms in total. The number of rotatable bonds is 3. The molecule has 4 saturated carbocycles. The highest BCUT2D eigenvalue weighted by atomic mass is 16.2. The van der Waals surface area contributed by atoms with Crippen LogP contribution in [-0.4, -0.2) is 11.8 Å². The fraction of sp³-hybridized carbons (Fsp3) is 0.579. The maximum Gasteiger partial charge on any atom is 0.244 e. The van der Waals surface area contributed by atoms with Crippen LogP contribution < -0.4 is 10.9 Å². The Labute approximate surface area is 137 Å². The molecule has 1 aromatic carbocycles. The van der Waals surface area contributed by atoms with E-state index in [1.54, 1.807) is 0 Å². The summed E-state index contributed by atoms with van der Waals surface area (Å²) < 4.78 is 0. The Morgan fingerprint density at radius 3 is 2.04 bits per heavy atom. The molecule has 2 N–H and O–H groups in total. The van der Waals surface area contributed by atoms with Crippen molar-refractivity contribution in [2.75, 3.05) is 0 Å². The first-order chi connectivity index (χ1) is 11.1. The van der Waals surface area contributed by atoms with Crippen molar-refractivity contribution in [1.29, 1.82) is 0 Å². The van der Waals surface area contributed by atoms with E-state index in [1.165, 1.54) is 19.3 Å². The lowest BCUT2D eigenvalue weighted by Crippen LogP contribution is -2.56. The number of hydrogen-bond donors (Lipinski definition) is 2. The van der Waals surface area contributed by atoms with E-state index >= 15 is 0 Å². The van der Waals surface area contributed by atoms with Gasteiger partial charge in [0.15, 0.2) is 0 Å². The molecule has 4 fully saturated rings. The predicted octanol–water partition coefficient (Wildman–Crippen LogP) is 2.59. The average Bonchev–Trinajstić information content (AvgIpc) is 2.52. The van der Waals surface area contributed by atoms with Gasteiger partial charge in [0.25, 0.3) is 0 Å². The minimum absolute atomic E-state index is 0.0398. The Morgan fingerprint density at radius 2 is 1.48 bits per heavy atom. The van der Waals surface area contributed by atoms with Gasteiger partial charge in [-0.05, 0) is 61.8 Å². The second-order valence-corrected chi connectivity index (χ2v) is 7.86. The molecular weight excluding hydrogens is 288 g/mol. The molecule has 0 saturated heterocycles. The molecule has 0 atom stereocenters. The van der Waals surface area contributed by atoms with Gasteiger partial charge in [0.1, 0.15) is 0 Å². The molecule has 4 bridgehead atoms. The topological polar surface area (TPSA) is 58.2 Å². The van der Waals surface area contributed by atoms with Gasteiger partial charge >= 0.3 is 0 Å². The van der Waals surface area contributed by atoms with Gasteiger partial charge in [-0.1, -0.05) is 30.3 Å². The molecule has 5 rings (SSSR count). The fourth-order valence-corrected chi connectivity index (χ4v) is 5.47. The van der Waals surface area contributed by atoms with Crippen LogP contribution in [-0.2, 0) is 16.0 Å². The SMILES string of the molecule is O=C(Cc1ccccc1)NNC(=O)C12CC3CC(CC(C3)C1)C2. The van der Waals surface area contributed by atoms with Crippen LogP contribution in [0.5, 0.6) is 0 Å². The summed E-state index contributed by atoms with van der Waals surface area (Å²) in [5, 5.41) is 0. The van der Waals surface area contributed by atoms with Crippen molar-refractivity contribution < 1.29 is 9.59 Å². The molecule has 23 heavy (non-hydrogen) atoms. The zero-order valence-corrected chi connectivity index (χ0v) is 13.4. The molecule has 122 valence electrons. The Kier molecular flexibility index (Phi) is 3.63. The predicted molar refractivity (Wildman–Crippen MR) is 87.0 cm³/mol. The van der Waals surface area contributed by atoms with Crippen molar-refractivity contribution in [3.63, 3.8) is 0 Å². The summed E-state index contributed by atoms with van der Waals surface area (Å²) in [6.07, 6.45) is 7.27. The second-order valence-electron chi connectivity index (χ2n) is 7.86. The van der Waals surface area contributed by atoms with Crippen molar-refractivity contribution in [2.45, 2.75) is 44.9 Å². The number of nitrogens with one attached hydrogen (secondary N) is 2. The van der Waals surface area contributed by atoms with Gasteiger partial charge in [-0.3, -0.25) is 20.4 Å². The van der Waals surface area contributed by atoms with Crippen LogP contribution >= 0.6 is 0 Å². The second kappa shape index (κ2) is 5.66. The van der Waals surface area contributed by atoms with Gasteiger partial charge in [-0.15, -0.1) is 0 Å². The monoisotopic (exact) mass is 312 g/mol. The standard InChI is InChI=1S/C19H24N2O2/c22-17(9-13-4-2-1-3-5-13)20-21-18(23)19-10-14-6-15(11-19)8-16(7-14)12-19/h1-5,14-16H,6-12H2,(H,20,22)(H,21,23). The van der Waals surface area contributed by atoms with Crippen molar-refractivity contribution in [3.8, 4) is 0 Å². The lowest BCUT2D eigenvalue weighted by Gasteiger charge is -2.55. The highest BCUT2D eigenvalue weighted by Gasteiger charge is 2.54. The first kappa shape index (κ1) is 14.7. The zero-order valence-electron chi connectivity index (χ0n) is 13.4. The highest BCUT2D eigenvalue weighted by molar-refractivity contribution is 5.86. The van der Waals surface area contributed by atoms with Gasteiger partial charge in [-0.25, -0.2) is 0 Å². The van der Waals surface area contributed by atoms with Gasteiger partial charge in [0.2, 0.25) is 11.8 Å². The van der Waals surface area contributed by atoms with Gasteiger partial charge < -0.3 is 0 Å². The number of hydrazine groups is 1. The summed E-state index contributed by atoms with van der Waals surface area (Å²) in [7, 11) is 0. The van der Waals surface area contributed by atoms with E-state index in [-0.39, 0.29) is 17.2 Å². The summed E-state index contributed by atoms with van der Waals surface area (Å²) in [5.41, 5.74) is 6.08. The summed E-state index contributed by atoms with van der Waals surface area (Å²) in [6.45, 7) is 0. The summed E-state index contributed by atoms with van der Waals surface area (Å²) in [4.78, 5) is 24.7. The van der Waals surface area contributed by atoms with Crippen LogP contribution in [0.4, 0.5) is 0 Å². The summed E-state index contributed by atoms with van der Waals surface area (Å²) in [5.74, 6) is 2.07. The zero-order chi connectivity index (χ0) is 15.9. The van der Waals surface area contributed by atoms with Crippen LogP contribution in [0.2, 0.25) is 0 Å². The molecule has 4 heteroatoms. The average molecular weight is 312 g/mol. The van der Waals surface area contributed by atoms with E-state index in [0.717, 1.165) is 42.6 Å². The van der Waals surface area contributed by atoms with Gasteiger partial charge in [0.05, 0.1) is 11.8 Å². The van der Waals surface area contributed by atoms with Crippen LogP contribution in [0.15, 0.2) is 30.3 Å². The van der Waals surface area contributed by atoms with Crippen molar-refractivity contribution in [1.82, 2.24) is 10.9 Å². The number of benzene rings is 1. The van der Waals surface area contributed by atoms with E-state index in [0.29, 0.717) is 6.42 Å². The fourth-order valence-electron chi connectivity index (χ4n) is 5.47. The van der Waals surface area contributed by atoms with E-state index < -0.39 is 0 Å². The number of amides is 2. The molecule has 0 unspecified atom stereocenters. The normalized spacial score (nSPS) is 34.2. The van der Waals surface area contributed by atoms with Crippen molar-refractivity contribution in [2.24, 2.45) is 23.2 Å². The number of carbonyl (C=O) groups excluding carboxylic acids is 2. The molecule has 0 aliphatic heterocycles. The first-order valence-electron chi connectivity index (χ1n) is 8.76. The van der Waals surface area contributed by atoms with E-state index in [9.17, 15) is 9.59 Å². The Morgan fingerprint density at radius 1 is 0.913 bits per heavy atom. The number of carbonyl (C=O) groups is 2. The molecular formula is C19H24N2O2. The third-order valence-corrected chi connectivity index (χ3v) is 6.04. The quantitative estimate of drug-likeness (QED) is 0.843. The lowest BCUT2D eigenvalue weighted by atomic mass is 9.49. The van der Waals surface area contributed by atoms with Gasteiger partial charge in [-0.2, -0.15) is 0 Å². The van der Waals surface area contributed by atoms with Gasteiger partial charge in [0, 0.05) is 0 Å². The Balaban J connectivity index is 1.34. The van der Waals surface area contributed by atoms with Crippen LogP contribution in [0.3, 0.4) is 0 Å². The summed E-state index contributed by atoms with van der Waals surface area (Å²) >= 11 is 0.